The molecule has 0 aromatic heterocycles. The molecule has 6 heteroatoms. The monoisotopic (exact) mass is 427 g/mol. The van der Waals surface area contributed by atoms with Crippen molar-refractivity contribution in [1.29, 1.82) is 0 Å². The minimum Gasteiger partial charge on any atom is -0.369 e. The smallest absolute Gasteiger partial charge is 0.256 e. The number of aryl methyl sites for hydroxylation is 2. The van der Waals surface area contributed by atoms with E-state index >= 15 is 0 Å². The van der Waals surface area contributed by atoms with E-state index in [1.165, 1.54) is 0 Å². The van der Waals surface area contributed by atoms with Crippen molar-refractivity contribution in [1.82, 2.24) is 5.32 Å². The fourth-order valence-corrected chi connectivity index (χ4v) is 4.30. The van der Waals surface area contributed by atoms with Gasteiger partial charge in [0, 0.05) is 11.3 Å². The molecular formula is C26H25N3O3. The molecule has 162 valence electrons. The summed E-state index contributed by atoms with van der Waals surface area (Å²) in [6.45, 7) is 3.90. The maximum absolute atomic E-state index is 13.4. The van der Waals surface area contributed by atoms with Crippen LogP contribution in [-0.4, -0.2) is 17.7 Å². The molecule has 1 heterocycles. The van der Waals surface area contributed by atoms with Gasteiger partial charge in [-0.1, -0.05) is 77.9 Å². The summed E-state index contributed by atoms with van der Waals surface area (Å²) in [7, 11) is 0. The zero-order chi connectivity index (χ0) is 22.9. The molecule has 1 aliphatic rings. The van der Waals surface area contributed by atoms with Crippen molar-refractivity contribution in [3.63, 3.8) is 0 Å². The number of nitrogens with one attached hydrogen (secondary N) is 2. The average molecular weight is 428 g/mol. The van der Waals surface area contributed by atoms with Gasteiger partial charge in [0.05, 0.1) is 12.3 Å². The molecule has 0 saturated heterocycles. The second-order valence-electron chi connectivity index (χ2n) is 8.26. The van der Waals surface area contributed by atoms with Crippen LogP contribution in [0.25, 0.3) is 0 Å². The van der Waals surface area contributed by atoms with E-state index in [-0.39, 0.29) is 12.3 Å². The highest BCUT2D eigenvalue weighted by molar-refractivity contribution is 6.11. The molecule has 0 bridgehead atoms. The molecule has 0 radical (unpaired) electrons. The summed E-state index contributed by atoms with van der Waals surface area (Å²) < 4.78 is 0. The summed E-state index contributed by atoms with van der Waals surface area (Å²) in [6, 6.07) is 21.9. The molecule has 0 spiro atoms. The summed E-state index contributed by atoms with van der Waals surface area (Å²) in [5.41, 5.74) is 8.74. The summed E-state index contributed by atoms with van der Waals surface area (Å²) in [6.07, 6.45) is 0.0663. The summed E-state index contributed by atoms with van der Waals surface area (Å²) >= 11 is 0. The lowest BCUT2D eigenvalue weighted by Crippen LogP contribution is -2.58. The molecule has 0 fully saturated rings. The van der Waals surface area contributed by atoms with Crippen LogP contribution in [-0.2, 0) is 26.3 Å². The number of carbonyl (C=O) groups excluding carboxylic acids is 3. The Balaban J connectivity index is 1.81. The first-order chi connectivity index (χ1) is 15.3. The third-order valence-corrected chi connectivity index (χ3v) is 5.91. The third kappa shape index (κ3) is 3.75. The van der Waals surface area contributed by atoms with Crippen LogP contribution in [0.1, 0.15) is 33.7 Å². The SMILES string of the molecule is Cc1ccc(CC(=O)NC2(C(C(N)=O)c3ccc(C)cc3)C(=O)Nc3ccccc32)cc1. The largest absolute Gasteiger partial charge is 0.369 e. The van der Waals surface area contributed by atoms with E-state index in [1.807, 2.05) is 50.2 Å². The molecular weight excluding hydrogens is 402 g/mol. The summed E-state index contributed by atoms with van der Waals surface area (Å²) in [5, 5.41) is 5.72. The number of para-hydroxylation sites is 1. The Morgan fingerprint density at radius 3 is 2.16 bits per heavy atom. The van der Waals surface area contributed by atoms with Gasteiger partial charge in [0.2, 0.25) is 11.8 Å². The number of rotatable bonds is 6. The van der Waals surface area contributed by atoms with Crippen molar-refractivity contribution in [3.05, 3.63) is 101 Å². The van der Waals surface area contributed by atoms with Gasteiger partial charge in [0.25, 0.3) is 5.91 Å². The Bertz CT molecular complexity index is 1190. The molecule has 0 aliphatic carbocycles. The average Bonchev–Trinajstić information content (AvgIpc) is 3.03. The number of carbonyl (C=O) groups is 3. The Kier molecular flexibility index (Phi) is 5.53. The maximum atomic E-state index is 13.4. The molecule has 6 nitrogen and oxygen atoms in total. The highest BCUT2D eigenvalue weighted by atomic mass is 16.2. The van der Waals surface area contributed by atoms with E-state index in [9.17, 15) is 14.4 Å². The van der Waals surface area contributed by atoms with Crippen molar-refractivity contribution in [3.8, 4) is 0 Å². The van der Waals surface area contributed by atoms with E-state index in [2.05, 4.69) is 10.6 Å². The molecule has 0 saturated carbocycles. The van der Waals surface area contributed by atoms with Crippen LogP contribution in [0.2, 0.25) is 0 Å². The van der Waals surface area contributed by atoms with E-state index < -0.39 is 23.3 Å². The molecule has 1 aliphatic heterocycles. The van der Waals surface area contributed by atoms with Gasteiger partial charge in [-0.05, 0) is 31.0 Å². The zero-order valence-electron chi connectivity index (χ0n) is 18.0. The van der Waals surface area contributed by atoms with E-state index in [0.717, 1.165) is 16.7 Å². The minimum absolute atomic E-state index is 0.0663. The fraction of sp³-hybridized carbons (Fsp3) is 0.192. The van der Waals surface area contributed by atoms with Gasteiger partial charge in [-0.15, -0.1) is 0 Å². The van der Waals surface area contributed by atoms with Crippen LogP contribution in [0, 0.1) is 13.8 Å². The van der Waals surface area contributed by atoms with Crippen molar-refractivity contribution >= 4 is 23.4 Å². The molecule has 3 aromatic carbocycles. The zero-order valence-corrected chi connectivity index (χ0v) is 18.0. The number of hydrogen-bond acceptors (Lipinski definition) is 3. The molecule has 32 heavy (non-hydrogen) atoms. The van der Waals surface area contributed by atoms with Crippen LogP contribution in [0.15, 0.2) is 72.8 Å². The normalized spacial score (nSPS) is 17.9. The Hall–Kier alpha value is -3.93. The van der Waals surface area contributed by atoms with E-state index in [4.69, 9.17) is 5.73 Å². The van der Waals surface area contributed by atoms with E-state index in [1.54, 1.807) is 36.4 Å². The highest BCUT2D eigenvalue weighted by Crippen LogP contribution is 2.45. The molecule has 2 atom stereocenters. The van der Waals surface area contributed by atoms with Gasteiger partial charge in [0.1, 0.15) is 0 Å². The van der Waals surface area contributed by atoms with Gasteiger partial charge in [-0.2, -0.15) is 0 Å². The van der Waals surface area contributed by atoms with Gasteiger partial charge >= 0.3 is 0 Å². The summed E-state index contributed by atoms with van der Waals surface area (Å²) in [4.78, 5) is 39.4. The summed E-state index contributed by atoms with van der Waals surface area (Å²) in [5.74, 6) is -2.65. The number of anilines is 1. The highest BCUT2D eigenvalue weighted by Gasteiger charge is 2.56. The second-order valence-corrected chi connectivity index (χ2v) is 8.26. The van der Waals surface area contributed by atoms with Crippen LogP contribution >= 0.6 is 0 Å². The van der Waals surface area contributed by atoms with Crippen LogP contribution in [0.5, 0.6) is 0 Å². The fourth-order valence-electron chi connectivity index (χ4n) is 4.30. The topological polar surface area (TPSA) is 101 Å². The lowest BCUT2D eigenvalue weighted by atomic mass is 9.74. The standard InChI is InChI=1S/C26H25N3O3/c1-16-7-11-18(12-8-16)15-22(30)29-26(20-5-3-4-6-21(20)28-25(26)32)23(24(27)31)19-13-9-17(2)10-14-19/h3-14,23H,15H2,1-2H3,(H2,27,31)(H,28,32)(H,29,30). The van der Waals surface area contributed by atoms with Crippen molar-refractivity contribution in [2.45, 2.75) is 31.7 Å². The quantitative estimate of drug-likeness (QED) is 0.563. The van der Waals surface area contributed by atoms with Crippen molar-refractivity contribution < 1.29 is 14.4 Å². The number of fused-ring (bicyclic) bond motifs is 1. The molecule has 3 aromatic rings. The predicted octanol–water partition coefficient (Wildman–Crippen LogP) is 3.08. The molecule has 4 rings (SSSR count). The Labute approximate surface area is 186 Å². The number of amides is 3. The predicted molar refractivity (Wildman–Crippen MR) is 123 cm³/mol. The van der Waals surface area contributed by atoms with Gasteiger partial charge in [0.15, 0.2) is 5.54 Å². The Morgan fingerprint density at radius 1 is 0.938 bits per heavy atom. The van der Waals surface area contributed by atoms with Crippen LogP contribution < -0.4 is 16.4 Å². The molecule has 3 amide bonds. The maximum Gasteiger partial charge on any atom is 0.256 e. The first kappa shape index (κ1) is 21.3. The van der Waals surface area contributed by atoms with Crippen molar-refractivity contribution in [2.75, 3.05) is 5.32 Å². The van der Waals surface area contributed by atoms with Gasteiger partial charge in [-0.25, -0.2) is 0 Å². The van der Waals surface area contributed by atoms with Crippen LogP contribution in [0.4, 0.5) is 5.69 Å². The number of benzene rings is 3. The van der Waals surface area contributed by atoms with Gasteiger partial charge < -0.3 is 16.4 Å². The molecule has 4 N–H and O–H groups in total. The van der Waals surface area contributed by atoms with Crippen LogP contribution in [0.3, 0.4) is 0 Å². The van der Waals surface area contributed by atoms with Gasteiger partial charge in [-0.3, -0.25) is 14.4 Å². The number of primary amides is 1. The molecule has 2 unspecified atom stereocenters. The lowest BCUT2D eigenvalue weighted by molar-refractivity contribution is -0.134. The first-order valence-corrected chi connectivity index (χ1v) is 10.4. The first-order valence-electron chi connectivity index (χ1n) is 10.4. The Morgan fingerprint density at radius 2 is 1.53 bits per heavy atom. The van der Waals surface area contributed by atoms with Crippen molar-refractivity contribution in [2.24, 2.45) is 5.73 Å². The number of nitrogens with two attached hydrogens (primary N) is 1. The van der Waals surface area contributed by atoms with E-state index in [0.29, 0.717) is 16.8 Å². The third-order valence-electron chi connectivity index (χ3n) is 5.91. The lowest BCUT2D eigenvalue weighted by Gasteiger charge is -2.35. The number of hydrogen-bond donors (Lipinski definition) is 3. The second kappa shape index (κ2) is 8.30. The minimum atomic E-state index is -1.65.